The lowest BCUT2D eigenvalue weighted by Gasteiger charge is -2.38. The number of carbonyl (C=O) groups is 2. The first-order valence-electron chi connectivity index (χ1n) is 8.20. The predicted molar refractivity (Wildman–Crippen MR) is 87.9 cm³/mol. The number of methoxy groups -OCH3 is 1. The summed E-state index contributed by atoms with van der Waals surface area (Å²) in [7, 11) is 1.21. The van der Waals surface area contributed by atoms with Gasteiger partial charge < -0.3 is 10.1 Å². The summed E-state index contributed by atoms with van der Waals surface area (Å²) in [4.78, 5) is 24.9. The Labute approximate surface area is 148 Å². The Hall–Kier alpha value is -2.57. The number of ketones is 1. The van der Waals surface area contributed by atoms with Gasteiger partial charge in [-0.05, 0) is 25.0 Å². The van der Waals surface area contributed by atoms with Crippen molar-refractivity contribution in [1.82, 2.24) is 5.32 Å². The molecule has 0 bridgehead atoms. The molecule has 2 atom stereocenters. The van der Waals surface area contributed by atoms with Crippen LogP contribution in [0.1, 0.15) is 36.8 Å². The van der Waals surface area contributed by atoms with Crippen LogP contribution < -0.4 is 5.32 Å². The van der Waals surface area contributed by atoms with Gasteiger partial charge in [-0.15, -0.1) is 0 Å². The Bertz CT molecular complexity index is 824. The van der Waals surface area contributed by atoms with Gasteiger partial charge in [0.1, 0.15) is 5.78 Å². The number of esters is 1. The molecule has 0 radical (unpaired) electrons. The molecule has 1 aliphatic heterocycles. The lowest BCUT2D eigenvalue weighted by atomic mass is 9.71. The number of allylic oxidation sites excluding steroid dienone is 3. The summed E-state index contributed by atoms with van der Waals surface area (Å²) in [6, 6.07) is 4.78. The van der Waals surface area contributed by atoms with Crippen molar-refractivity contribution in [3.63, 3.8) is 0 Å². The molecule has 0 aromatic heterocycles. The first kappa shape index (κ1) is 18.2. The van der Waals surface area contributed by atoms with Crippen LogP contribution in [0.4, 0.5) is 13.2 Å². The van der Waals surface area contributed by atoms with Gasteiger partial charge in [0.2, 0.25) is 0 Å². The van der Waals surface area contributed by atoms with Crippen molar-refractivity contribution in [3.8, 4) is 0 Å². The fraction of sp³-hybridized carbons (Fsp3) is 0.368. The van der Waals surface area contributed by atoms with Crippen LogP contribution in [0.5, 0.6) is 0 Å². The Balaban J connectivity index is 2.20. The number of hydrogen-bond acceptors (Lipinski definition) is 4. The number of alkyl halides is 3. The van der Waals surface area contributed by atoms with Crippen LogP contribution in [0, 0.1) is 5.92 Å². The SMILES string of the molecule is COC(=O)C1=C(C)NC2=CCCC(=O)C2C1c1cccc(C(F)(F)F)c1. The zero-order valence-electron chi connectivity index (χ0n) is 14.3. The minimum Gasteiger partial charge on any atom is -0.466 e. The topological polar surface area (TPSA) is 55.4 Å². The van der Waals surface area contributed by atoms with Crippen LogP contribution in [-0.2, 0) is 20.5 Å². The van der Waals surface area contributed by atoms with Crippen molar-refractivity contribution in [1.29, 1.82) is 0 Å². The summed E-state index contributed by atoms with van der Waals surface area (Å²) in [5.74, 6) is -2.30. The molecule has 0 saturated carbocycles. The summed E-state index contributed by atoms with van der Waals surface area (Å²) in [5, 5.41) is 3.06. The number of carbonyl (C=O) groups excluding carboxylic acids is 2. The maximum absolute atomic E-state index is 13.1. The van der Waals surface area contributed by atoms with E-state index in [9.17, 15) is 22.8 Å². The second-order valence-electron chi connectivity index (χ2n) is 6.40. The van der Waals surface area contributed by atoms with Gasteiger partial charge in [-0.25, -0.2) is 4.79 Å². The highest BCUT2D eigenvalue weighted by molar-refractivity contribution is 5.96. The monoisotopic (exact) mass is 365 g/mol. The molecule has 0 saturated heterocycles. The van der Waals surface area contributed by atoms with Crippen LogP contribution in [-0.4, -0.2) is 18.9 Å². The zero-order chi connectivity index (χ0) is 19.1. The van der Waals surface area contributed by atoms with Crippen molar-refractivity contribution < 1.29 is 27.5 Å². The standard InChI is InChI=1S/C19H18F3NO3/c1-10-15(18(25)26-2)16(17-13(23-10)7-4-8-14(17)24)11-5-3-6-12(9-11)19(20,21)22/h3,5-7,9,16-17,23H,4,8H2,1-2H3. The van der Waals surface area contributed by atoms with Crippen molar-refractivity contribution in [2.24, 2.45) is 5.92 Å². The third-order valence-electron chi connectivity index (χ3n) is 4.80. The lowest BCUT2D eigenvalue weighted by molar-refractivity contribution is -0.137. The minimum absolute atomic E-state index is 0.105. The summed E-state index contributed by atoms with van der Waals surface area (Å²) < 4.78 is 44.3. The third kappa shape index (κ3) is 3.13. The zero-order valence-corrected chi connectivity index (χ0v) is 14.3. The second-order valence-corrected chi connectivity index (χ2v) is 6.40. The molecule has 1 N–H and O–H groups in total. The lowest BCUT2D eigenvalue weighted by Crippen LogP contribution is -2.40. The number of halogens is 3. The van der Waals surface area contributed by atoms with Gasteiger partial charge in [-0.1, -0.05) is 24.3 Å². The Morgan fingerprint density at radius 3 is 2.65 bits per heavy atom. The van der Waals surface area contributed by atoms with Gasteiger partial charge in [0.05, 0.1) is 24.2 Å². The van der Waals surface area contributed by atoms with Crippen molar-refractivity contribution in [3.05, 3.63) is 58.4 Å². The molecule has 2 unspecified atom stereocenters. The van der Waals surface area contributed by atoms with Crippen molar-refractivity contribution >= 4 is 11.8 Å². The smallest absolute Gasteiger partial charge is 0.416 e. The highest BCUT2D eigenvalue weighted by atomic mass is 19.4. The molecule has 1 heterocycles. The summed E-state index contributed by atoms with van der Waals surface area (Å²) in [6.07, 6.45) is -1.79. The van der Waals surface area contributed by atoms with E-state index in [0.29, 0.717) is 24.2 Å². The van der Waals surface area contributed by atoms with E-state index in [1.165, 1.54) is 19.2 Å². The minimum atomic E-state index is -4.51. The number of nitrogens with one attached hydrogen (secondary N) is 1. The van der Waals surface area contributed by atoms with E-state index in [-0.39, 0.29) is 16.9 Å². The average Bonchev–Trinajstić information content (AvgIpc) is 2.59. The Morgan fingerprint density at radius 2 is 2.00 bits per heavy atom. The fourth-order valence-corrected chi connectivity index (χ4v) is 3.66. The number of Topliss-reactive ketones (excluding diaryl/α,β-unsaturated/α-hetero) is 1. The molecule has 4 nitrogen and oxygen atoms in total. The van der Waals surface area contributed by atoms with Gasteiger partial charge in [0.15, 0.2) is 0 Å². The third-order valence-corrected chi connectivity index (χ3v) is 4.80. The summed E-state index contributed by atoms with van der Waals surface area (Å²) in [6.45, 7) is 1.66. The average molecular weight is 365 g/mol. The number of fused-ring (bicyclic) bond motifs is 1. The van der Waals surface area contributed by atoms with Gasteiger partial charge >= 0.3 is 12.1 Å². The van der Waals surface area contributed by atoms with Crippen LogP contribution in [0.3, 0.4) is 0 Å². The van der Waals surface area contributed by atoms with E-state index < -0.39 is 29.5 Å². The van der Waals surface area contributed by atoms with E-state index in [4.69, 9.17) is 4.74 Å². The number of ether oxygens (including phenoxy) is 1. The summed E-state index contributed by atoms with van der Waals surface area (Å²) >= 11 is 0. The van der Waals surface area contributed by atoms with Crippen LogP contribution >= 0.6 is 0 Å². The Morgan fingerprint density at radius 1 is 1.27 bits per heavy atom. The number of hydrogen-bond donors (Lipinski definition) is 1. The molecule has 26 heavy (non-hydrogen) atoms. The molecule has 138 valence electrons. The predicted octanol–water partition coefficient (Wildman–Crippen LogP) is 3.70. The fourth-order valence-electron chi connectivity index (χ4n) is 3.66. The first-order valence-corrected chi connectivity index (χ1v) is 8.20. The van der Waals surface area contributed by atoms with E-state index in [0.717, 1.165) is 12.1 Å². The van der Waals surface area contributed by atoms with Gasteiger partial charge in [-0.3, -0.25) is 4.79 Å². The first-order chi connectivity index (χ1) is 12.2. The quantitative estimate of drug-likeness (QED) is 0.812. The molecule has 7 heteroatoms. The largest absolute Gasteiger partial charge is 0.466 e. The number of benzene rings is 1. The second kappa shape index (κ2) is 6.63. The van der Waals surface area contributed by atoms with E-state index in [1.807, 2.05) is 6.08 Å². The Kier molecular flexibility index (Phi) is 4.64. The molecular weight excluding hydrogens is 347 g/mol. The molecular formula is C19H18F3NO3. The maximum atomic E-state index is 13.1. The van der Waals surface area contributed by atoms with Crippen molar-refractivity contribution in [2.75, 3.05) is 7.11 Å². The summed E-state index contributed by atoms with van der Waals surface area (Å²) in [5.41, 5.74) is 0.755. The van der Waals surface area contributed by atoms with E-state index in [2.05, 4.69) is 5.32 Å². The van der Waals surface area contributed by atoms with Gasteiger partial charge in [0, 0.05) is 23.7 Å². The van der Waals surface area contributed by atoms with E-state index >= 15 is 0 Å². The van der Waals surface area contributed by atoms with Crippen LogP contribution in [0.25, 0.3) is 0 Å². The highest BCUT2D eigenvalue weighted by Gasteiger charge is 2.43. The van der Waals surface area contributed by atoms with Crippen LogP contribution in [0.2, 0.25) is 0 Å². The molecule has 0 spiro atoms. The highest BCUT2D eigenvalue weighted by Crippen LogP contribution is 2.44. The molecule has 1 aromatic carbocycles. The molecule has 0 fully saturated rings. The van der Waals surface area contributed by atoms with Gasteiger partial charge in [-0.2, -0.15) is 13.2 Å². The van der Waals surface area contributed by atoms with Crippen LogP contribution in [0.15, 0.2) is 47.3 Å². The van der Waals surface area contributed by atoms with E-state index in [1.54, 1.807) is 6.92 Å². The molecule has 1 aliphatic carbocycles. The number of rotatable bonds is 2. The molecule has 2 aliphatic rings. The normalized spacial score (nSPS) is 23.1. The maximum Gasteiger partial charge on any atom is 0.416 e. The van der Waals surface area contributed by atoms with Crippen molar-refractivity contribution in [2.45, 2.75) is 31.9 Å². The molecule has 1 aromatic rings. The molecule has 0 amide bonds. The molecule has 3 rings (SSSR count). The van der Waals surface area contributed by atoms with Gasteiger partial charge in [0.25, 0.3) is 0 Å².